The summed E-state index contributed by atoms with van der Waals surface area (Å²) in [6.45, 7) is 0. The molecule has 1 aliphatic rings. The van der Waals surface area contributed by atoms with Gasteiger partial charge in [0.05, 0.1) is 11.3 Å². The third-order valence-corrected chi connectivity index (χ3v) is 7.87. The zero-order valence-electron chi connectivity index (χ0n) is 19.2. The molecule has 1 fully saturated rings. The molecule has 0 unspecified atom stereocenters. The molecule has 0 amide bonds. The van der Waals surface area contributed by atoms with Gasteiger partial charge in [-0.25, -0.2) is 23.5 Å². The van der Waals surface area contributed by atoms with Gasteiger partial charge in [0.2, 0.25) is 16.0 Å². The molecule has 5 N–H and O–H groups in total. The second-order valence-electron chi connectivity index (χ2n) is 9.17. The molecule has 2 heterocycles. The van der Waals surface area contributed by atoms with Crippen molar-refractivity contribution in [3.8, 4) is 11.1 Å². The van der Waals surface area contributed by atoms with Crippen molar-refractivity contribution in [2.75, 3.05) is 11.5 Å². The third-order valence-electron chi connectivity index (χ3n) is 7.01. The largest absolute Gasteiger partial charge is 0.368 e. The molecule has 0 atom stereocenters. The van der Waals surface area contributed by atoms with E-state index in [-0.39, 0.29) is 35.7 Å². The molecule has 180 valence electrons. The van der Waals surface area contributed by atoms with E-state index in [1.165, 1.54) is 11.1 Å². The molecule has 0 spiro atoms. The topological polar surface area (TPSA) is 145 Å². The van der Waals surface area contributed by atoms with Crippen molar-refractivity contribution >= 4 is 32.7 Å². The Morgan fingerprint density at radius 2 is 1.74 bits per heavy atom. The number of Topliss-reactive ketones (excluding diaryl/α,β-unsaturated/α-hetero) is 1. The average Bonchev–Trinajstić information content (AvgIpc) is 3.23. The number of ketones is 1. The average molecular weight is 490 g/mol. The van der Waals surface area contributed by atoms with Crippen molar-refractivity contribution in [1.82, 2.24) is 15.0 Å². The number of aromatic nitrogens is 3. The van der Waals surface area contributed by atoms with Crippen LogP contribution in [0.3, 0.4) is 0 Å². The van der Waals surface area contributed by atoms with E-state index in [2.05, 4.69) is 39.2 Å². The summed E-state index contributed by atoms with van der Waals surface area (Å²) in [5, 5.41) is 6.10. The second kappa shape index (κ2) is 8.90. The molecule has 9 heteroatoms. The minimum Gasteiger partial charge on any atom is -0.368 e. The van der Waals surface area contributed by atoms with E-state index in [4.69, 9.17) is 10.9 Å². The van der Waals surface area contributed by atoms with Gasteiger partial charge in [0.15, 0.2) is 5.78 Å². The molecule has 2 aromatic heterocycles. The lowest BCUT2D eigenvalue weighted by Crippen LogP contribution is -2.35. The van der Waals surface area contributed by atoms with E-state index in [9.17, 15) is 13.2 Å². The van der Waals surface area contributed by atoms with Crippen LogP contribution < -0.4 is 10.9 Å². The summed E-state index contributed by atoms with van der Waals surface area (Å²) >= 11 is 0. The first-order valence-corrected chi connectivity index (χ1v) is 13.3. The van der Waals surface area contributed by atoms with E-state index in [0.717, 1.165) is 41.3 Å². The van der Waals surface area contributed by atoms with Gasteiger partial charge < -0.3 is 10.7 Å². The van der Waals surface area contributed by atoms with Gasteiger partial charge in [0.1, 0.15) is 0 Å². The molecule has 0 radical (unpaired) electrons. The first-order chi connectivity index (χ1) is 16.8. The summed E-state index contributed by atoms with van der Waals surface area (Å²) in [4.78, 5) is 24.4. The fourth-order valence-corrected chi connectivity index (χ4v) is 5.61. The highest BCUT2D eigenvalue weighted by Gasteiger charge is 2.42. The number of para-hydroxylation sites is 1. The van der Waals surface area contributed by atoms with Crippen molar-refractivity contribution < 1.29 is 13.2 Å². The summed E-state index contributed by atoms with van der Waals surface area (Å²) in [5.74, 6) is -0.0440. The van der Waals surface area contributed by atoms with Gasteiger partial charge in [0, 0.05) is 46.9 Å². The zero-order chi connectivity index (χ0) is 24.6. The van der Waals surface area contributed by atoms with Crippen LogP contribution in [0.1, 0.15) is 53.6 Å². The number of aromatic amines is 1. The highest BCUT2D eigenvalue weighted by Crippen LogP contribution is 2.51. The lowest BCUT2D eigenvalue weighted by molar-refractivity contribution is 0.0983. The molecule has 0 bridgehead atoms. The van der Waals surface area contributed by atoms with Crippen LogP contribution in [0.5, 0.6) is 0 Å². The minimum atomic E-state index is -3.58. The number of nitrogens with two attached hydrogens (primary N) is 2. The summed E-state index contributed by atoms with van der Waals surface area (Å²) in [5.41, 5.74) is 11.2. The van der Waals surface area contributed by atoms with Crippen molar-refractivity contribution in [3.63, 3.8) is 0 Å². The smallest absolute Gasteiger partial charge is 0.219 e. The van der Waals surface area contributed by atoms with Crippen molar-refractivity contribution in [3.05, 3.63) is 77.7 Å². The Balaban J connectivity index is 1.45. The SMILES string of the molecule is Nc1ncc(-c2ccc(C3(c4c[nH]c5c(C(=O)CCCS(N)(=O)=O)cccc45)CCC3)cc2)cn1. The number of nitrogens with zero attached hydrogens (tertiary/aromatic N) is 2. The van der Waals surface area contributed by atoms with Crippen LogP contribution in [-0.4, -0.2) is 34.9 Å². The Kier molecular flexibility index (Phi) is 5.90. The number of primary sulfonamides is 1. The molecule has 2 aromatic carbocycles. The van der Waals surface area contributed by atoms with Crippen molar-refractivity contribution in [1.29, 1.82) is 0 Å². The van der Waals surface area contributed by atoms with Crippen LogP contribution in [0.2, 0.25) is 0 Å². The number of H-pyrrole nitrogens is 1. The molecular formula is C26H27N5O3S. The number of anilines is 1. The summed E-state index contributed by atoms with van der Waals surface area (Å²) in [6.07, 6.45) is 8.98. The van der Waals surface area contributed by atoms with Crippen LogP contribution in [-0.2, 0) is 15.4 Å². The molecule has 0 aliphatic heterocycles. The third kappa shape index (κ3) is 4.44. The molecule has 0 saturated heterocycles. The van der Waals surface area contributed by atoms with Gasteiger partial charge in [0.25, 0.3) is 0 Å². The van der Waals surface area contributed by atoms with Gasteiger partial charge in [-0.3, -0.25) is 4.79 Å². The van der Waals surface area contributed by atoms with Gasteiger partial charge >= 0.3 is 0 Å². The van der Waals surface area contributed by atoms with Crippen LogP contribution in [0.4, 0.5) is 5.95 Å². The number of fused-ring (bicyclic) bond motifs is 1. The number of carbonyl (C=O) groups excluding carboxylic acids is 1. The van der Waals surface area contributed by atoms with Gasteiger partial charge in [-0.2, -0.15) is 0 Å². The normalized spacial score (nSPS) is 15.1. The number of nitrogen functional groups attached to an aromatic ring is 1. The highest BCUT2D eigenvalue weighted by atomic mass is 32.2. The van der Waals surface area contributed by atoms with Crippen LogP contribution in [0.15, 0.2) is 61.1 Å². The number of carbonyl (C=O) groups is 1. The maximum absolute atomic E-state index is 12.9. The molecule has 1 aliphatic carbocycles. The minimum absolute atomic E-state index is 0.0922. The second-order valence-corrected chi connectivity index (χ2v) is 10.9. The fourth-order valence-electron chi connectivity index (χ4n) is 5.06. The summed E-state index contributed by atoms with van der Waals surface area (Å²) in [7, 11) is -3.58. The molecule has 35 heavy (non-hydrogen) atoms. The van der Waals surface area contributed by atoms with E-state index >= 15 is 0 Å². The first kappa shape index (κ1) is 23.2. The van der Waals surface area contributed by atoms with E-state index in [0.29, 0.717) is 5.56 Å². The predicted molar refractivity (Wildman–Crippen MR) is 136 cm³/mol. The standard InChI is InChI=1S/C26H27N5O3S/c27-25-30-14-18(15-31-25)17-7-9-19(10-8-17)26(11-3-12-26)22-16-29-24-20(22)4-1-5-21(24)23(32)6-2-13-35(28,33)34/h1,4-5,7-10,14-16,29H,2-3,6,11-13H2,(H2,27,30,31)(H2,28,33,34). The van der Waals surface area contributed by atoms with Crippen LogP contribution in [0, 0.1) is 0 Å². The highest BCUT2D eigenvalue weighted by molar-refractivity contribution is 7.89. The number of hydrogen-bond acceptors (Lipinski definition) is 6. The van der Waals surface area contributed by atoms with Gasteiger partial charge in [-0.15, -0.1) is 0 Å². The maximum atomic E-state index is 12.9. The molecule has 4 aromatic rings. The Hall–Kier alpha value is -3.56. The zero-order valence-corrected chi connectivity index (χ0v) is 20.0. The van der Waals surface area contributed by atoms with Crippen LogP contribution >= 0.6 is 0 Å². The number of rotatable bonds is 8. The first-order valence-electron chi connectivity index (χ1n) is 11.6. The van der Waals surface area contributed by atoms with E-state index in [1.54, 1.807) is 18.5 Å². The summed E-state index contributed by atoms with van der Waals surface area (Å²) in [6, 6.07) is 14.2. The summed E-state index contributed by atoms with van der Waals surface area (Å²) < 4.78 is 22.4. The number of sulfonamides is 1. The Bertz CT molecular complexity index is 1490. The van der Waals surface area contributed by atoms with Crippen molar-refractivity contribution in [2.24, 2.45) is 5.14 Å². The Morgan fingerprint density at radius 1 is 1.03 bits per heavy atom. The molecule has 1 saturated carbocycles. The molecular weight excluding hydrogens is 462 g/mol. The monoisotopic (exact) mass is 489 g/mol. The number of hydrogen-bond donors (Lipinski definition) is 3. The predicted octanol–water partition coefficient (Wildman–Crippen LogP) is 3.93. The van der Waals surface area contributed by atoms with Crippen molar-refractivity contribution in [2.45, 2.75) is 37.5 Å². The van der Waals surface area contributed by atoms with E-state index in [1.807, 2.05) is 18.3 Å². The number of nitrogens with one attached hydrogen (secondary N) is 1. The quantitative estimate of drug-likeness (QED) is 0.320. The van der Waals surface area contributed by atoms with Gasteiger partial charge in [-0.1, -0.05) is 42.8 Å². The fraction of sp³-hybridized carbons (Fsp3) is 0.269. The number of benzene rings is 2. The van der Waals surface area contributed by atoms with Crippen LogP contribution in [0.25, 0.3) is 22.0 Å². The van der Waals surface area contributed by atoms with Gasteiger partial charge in [-0.05, 0) is 42.0 Å². The molecule has 5 rings (SSSR count). The lowest BCUT2D eigenvalue weighted by atomic mass is 9.60. The maximum Gasteiger partial charge on any atom is 0.219 e. The molecule has 8 nitrogen and oxygen atoms in total. The van der Waals surface area contributed by atoms with E-state index < -0.39 is 10.0 Å². The Morgan fingerprint density at radius 3 is 2.37 bits per heavy atom. The lowest BCUT2D eigenvalue weighted by Gasteiger charge is -2.43. The Labute approximate surface area is 203 Å².